The van der Waals surface area contributed by atoms with Gasteiger partial charge in [0, 0.05) is 12.4 Å². The topological polar surface area (TPSA) is 68.0 Å². The van der Waals surface area contributed by atoms with Crippen LogP contribution >= 0.6 is 11.3 Å². The van der Waals surface area contributed by atoms with Crippen LogP contribution in [0.1, 0.15) is 15.5 Å². The van der Waals surface area contributed by atoms with E-state index in [0.717, 1.165) is 5.01 Å². The fourth-order valence-electron chi connectivity index (χ4n) is 1.09. The average molecular weight is 223 g/mol. The maximum absolute atomic E-state index is 11.2. The van der Waals surface area contributed by atoms with Crippen molar-refractivity contribution in [2.24, 2.45) is 0 Å². The van der Waals surface area contributed by atoms with Crippen molar-refractivity contribution in [3.05, 3.63) is 22.3 Å². The Hall–Kier alpha value is -1.69. The van der Waals surface area contributed by atoms with Crippen LogP contribution in [0.2, 0.25) is 0 Å². The zero-order valence-corrected chi connectivity index (χ0v) is 9.09. The molecule has 6 heteroatoms. The number of nitrogens with zero attached hydrogens (tertiary/aromatic N) is 2. The second-order valence-corrected chi connectivity index (χ2v) is 3.93. The Bertz CT molecular complexity index is 489. The second-order valence-electron chi connectivity index (χ2n) is 2.87. The summed E-state index contributed by atoms with van der Waals surface area (Å²) < 4.78 is 5.16. The van der Waals surface area contributed by atoms with Crippen LogP contribution in [-0.2, 0) is 0 Å². The fourth-order valence-corrected chi connectivity index (χ4v) is 1.67. The predicted molar refractivity (Wildman–Crippen MR) is 55.7 cm³/mol. The zero-order chi connectivity index (χ0) is 10.8. The first-order valence-electron chi connectivity index (χ1n) is 4.31. The molecule has 0 aromatic carbocycles. The molecule has 0 fully saturated rings. The molecule has 0 saturated heterocycles. The highest BCUT2D eigenvalue weighted by molar-refractivity contribution is 7.09. The third-order valence-corrected chi connectivity index (χ3v) is 2.58. The third-order valence-electron chi connectivity index (χ3n) is 1.80. The van der Waals surface area contributed by atoms with Gasteiger partial charge in [0.1, 0.15) is 12.0 Å². The molecule has 78 valence electrons. The monoisotopic (exact) mass is 223 g/mol. The van der Waals surface area contributed by atoms with Gasteiger partial charge in [-0.25, -0.2) is 9.97 Å². The van der Waals surface area contributed by atoms with Gasteiger partial charge in [-0.05, 0) is 6.92 Å². The molecule has 2 aromatic rings. The van der Waals surface area contributed by atoms with Crippen molar-refractivity contribution in [1.82, 2.24) is 15.3 Å². The second kappa shape index (κ2) is 3.82. The molecule has 2 rings (SSSR count). The van der Waals surface area contributed by atoms with E-state index in [2.05, 4.69) is 15.3 Å². The minimum absolute atomic E-state index is 0.262. The predicted octanol–water partition coefficient (Wildman–Crippen LogP) is 1.47. The standard InChI is InChI=1S/C9H9N3O2S/c1-5-11-7(4-15-5)9-12-6(3-14-9)8(13)10-2/h3-4H,1-2H3,(H,10,13). The van der Waals surface area contributed by atoms with Crippen molar-refractivity contribution >= 4 is 17.2 Å². The Balaban J connectivity index is 2.31. The number of amides is 1. The molecule has 0 aliphatic heterocycles. The van der Waals surface area contributed by atoms with Crippen LogP contribution in [-0.4, -0.2) is 22.9 Å². The van der Waals surface area contributed by atoms with Gasteiger partial charge < -0.3 is 9.73 Å². The number of aromatic nitrogens is 2. The van der Waals surface area contributed by atoms with Crippen LogP contribution in [0.5, 0.6) is 0 Å². The summed E-state index contributed by atoms with van der Waals surface area (Å²) in [6.07, 6.45) is 1.32. The van der Waals surface area contributed by atoms with Crippen molar-refractivity contribution in [2.75, 3.05) is 7.05 Å². The van der Waals surface area contributed by atoms with Crippen LogP contribution in [0.4, 0.5) is 0 Å². The van der Waals surface area contributed by atoms with Crippen molar-refractivity contribution in [3.8, 4) is 11.6 Å². The van der Waals surface area contributed by atoms with Gasteiger partial charge >= 0.3 is 0 Å². The Morgan fingerprint density at radius 3 is 2.93 bits per heavy atom. The SMILES string of the molecule is CNC(=O)c1coc(-c2csc(C)n2)n1. The lowest BCUT2D eigenvalue weighted by atomic mass is 10.4. The maximum Gasteiger partial charge on any atom is 0.272 e. The molecule has 0 spiro atoms. The number of hydrogen-bond donors (Lipinski definition) is 1. The summed E-state index contributed by atoms with van der Waals surface area (Å²) in [5.41, 5.74) is 0.922. The van der Waals surface area contributed by atoms with Gasteiger partial charge in [0.15, 0.2) is 5.69 Å². The molecule has 0 aliphatic rings. The molecule has 0 unspecified atom stereocenters. The van der Waals surface area contributed by atoms with Gasteiger partial charge in [0.05, 0.1) is 5.01 Å². The highest BCUT2D eigenvalue weighted by atomic mass is 32.1. The number of thiazole rings is 1. The summed E-state index contributed by atoms with van der Waals surface area (Å²) in [6, 6.07) is 0. The largest absolute Gasteiger partial charge is 0.442 e. The first-order chi connectivity index (χ1) is 7.20. The molecule has 15 heavy (non-hydrogen) atoms. The maximum atomic E-state index is 11.2. The van der Waals surface area contributed by atoms with Crippen molar-refractivity contribution < 1.29 is 9.21 Å². The van der Waals surface area contributed by atoms with Gasteiger partial charge in [0.25, 0.3) is 5.91 Å². The number of rotatable bonds is 2. The first-order valence-corrected chi connectivity index (χ1v) is 5.19. The van der Waals surface area contributed by atoms with Crippen molar-refractivity contribution in [3.63, 3.8) is 0 Å². The number of nitrogens with one attached hydrogen (secondary N) is 1. The van der Waals surface area contributed by atoms with Gasteiger partial charge in [-0.2, -0.15) is 0 Å². The number of oxazole rings is 1. The van der Waals surface area contributed by atoms with Crippen LogP contribution in [0, 0.1) is 6.92 Å². The van der Waals surface area contributed by atoms with Gasteiger partial charge in [-0.1, -0.05) is 0 Å². The van der Waals surface area contributed by atoms with Crippen LogP contribution in [0.3, 0.4) is 0 Å². The van der Waals surface area contributed by atoms with Gasteiger partial charge in [-0.3, -0.25) is 4.79 Å². The van der Waals surface area contributed by atoms with E-state index in [-0.39, 0.29) is 11.6 Å². The third kappa shape index (κ3) is 1.89. The van der Waals surface area contributed by atoms with E-state index >= 15 is 0 Å². The molecule has 0 radical (unpaired) electrons. The Kier molecular flexibility index (Phi) is 2.51. The Labute approximate surface area is 90.2 Å². The van der Waals surface area contributed by atoms with E-state index in [0.29, 0.717) is 11.6 Å². The highest BCUT2D eigenvalue weighted by Crippen LogP contribution is 2.20. The van der Waals surface area contributed by atoms with E-state index in [4.69, 9.17) is 4.42 Å². The highest BCUT2D eigenvalue weighted by Gasteiger charge is 2.13. The minimum Gasteiger partial charge on any atom is -0.442 e. The van der Waals surface area contributed by atoms with Crippen LogP contribution in [0.15, 0.2) is 16.1 Å². The lowest BCUT2D eigenvalue weighted by Gasteiger charge is -1.89. The lowest BCUT2D eigenvalue weighted by Crippen LogP contribution is -2.17. The molecule has 1 N–H and O–H groups in total. The fraction of sp³-hybridized carbons (Fsp3) is 0.222. The van der Waals surface area contributed by atoms with E-state index in [1.54, 1.807) is 7.05 Å². The summed E-state index contributed by atoms with van der Waals surface area (Å²) in [7, 11) is 1.55. The molecule has 0 atom stereocenters. The van der Waals surface area contributed by atoms with Crippen LogP contribution in [0.25, 0.3) is 11.6 Å². The average Bonchev–Trinajstić information content (AvgIpc) is 2.84. The quantitative estimate of drug-likeness (QED) is 0.837. The molecular weight excluding hydrogens is 214 g/mol. The summed E-state index contributed by atoms with van der Waals surface area (Å²) in [5.74, 6) is 0.106. The minimum atomic E-state index is -0.267. The number of hydrogen-bond acceptors (Lipinski definition) is 5. The normalized spacial score (nSPS) is 10.3. The molecule has 0 saturated carbocycles. The summed E-state index contributed by atoms with van der Waals surface area (Å²) in [5, 5.41) is 5.25. The van der Waals surface area contributed by atoms with Crippen molar-refractivity contribution in [1.29, 1.82) is 0 Å². The van der Waals surface area contributed by atoms with Gasteiger partial charge in [0.2, 0.25) is 5.89 Å². The zero-order valence-electron chi connectivity index (χ0n) is 8.27. The van der Waals surface area contributed by atoms with E-state index in [9.17, 15) is 4.79 Å². The molecular formula is C9H9N3O2S. The van der Waals surface area contributed by atoms with E-state index < -0.39 is 0 Å². The molecule has 0 bridgehead atoms. The molecule has 5 nitrogen and oxygen atoms in total. The smallest absolute Gasteiger partial charge is 0.272 e. The Morgan fingerprint density at radius 2 is 2.33 bits per heavy atom. The molecule has 1 amide bonds. The van der Waals surface area contributed by atoms with Crippen molar-refractivity contribution in [2.45, 2.75) is 6.92 Å². The summed E-state index contributed by atoms with van der Waals surface area (Å²) in [4.78, 5) is 19.5. The first kappa shape index (κ1) is 9.85. The molecule has 2 heterocycles. The summed E-state index contributed by atoms with van der Waals surface area (Å²) >= 11 is 1.51. The number of carbonyl (C=O) groups excluding carboxylic acids is 1. The molecule has 2 aromatic heterocycles. The van der Waals surface area contributed by atoms with Gasteiger partial charge in [-0.15, -0.1) is 11.3 Å². The van der Waals surface area contributed by atoms with Crippen LogP contribution < -0.4 is 5.32 Å². The molecule has 0 aliphatic carbocycles. The van der Waals surface area contributed by atoms with E-state index in [1.807, 2.05) is 12.3 Å². The summed E-state index contributed by atoms with van der Waals surface area (Å²) in [6.45, 7) is 1.90. The lowest BCUT2D eigenvalue weighted by molar-refractivity contribution is 0.0958. The number of aryl methyl sites for hydroxylation is 1. The van der Waals surface area contributed by atoms with E-state index in [1.165, 1.54) is 17.6 Å². The number of carbonyl (C=O) groups is 1. The Morgan fingerprint density at radius 1 is 1.53 bits per heavy atom.